The van der Waals surface area contributed by atoms with Crippen LogP contribution in [0, 0.1) is 21.4 Å². The summed E-state index contributed by atoms with van der Waals surface area (Å²) in [6.45, 7) is 0. The number of benzene rings is 3. The average molecular weight is 479 g/mol. The number of nitro groups is 1. The molecule has 3 aromatic rings. The van der Waals surface area contributed by atoms with E-state index >= 15 is 0 Å². The normalized spacial score (nSPS) is 11.2. The number of nitriles is 1. The van der Waals surface area contributed by atoms with E-state index in [-0.39, 0.29) is 21.9 Å². The summed E-state index contributed by atoms with van der Waals surface area (Å²) < 4.78 is 34.9. The van der Waals surface area contributed by atoms with E-state index in [2.05, 4.69) is 5.32 Å². The molecule has 0 fully saturated rings. The van der Waals surface area contributed by atoms with Crippen LogP contribution in [0.15, 0.2) is 83.3 Å². The quantitative estimate of drug-likeness (QED) is 0.168. The fraction of sp³-hybridized carbons (Fsp3) is 0.0435. The third-order valence-electron chi connectivity index (χ3n) is 4.43. The molecule has 0 aromatic heterocycles. The number of non-ortho nitro benzene ring substituents is 1. The molecular weight excluding hydrogens is 462 g/mol. The second-order valence-corrected chi connectivity index (χ2v) is 8.26. The number of ether oxygens (including phenoxy) is 1. The Bertz CT molecular complexity index is 1390. The van der Waals surface area contributed by atoms with Crippen LogP contribution in [-0.4, -0.2) is 26.4 Å². The molecule has 0 saturated heterocycles. The first-order valence-electron chi connectivity index (χ1n) is 9.58. The van der Waals surface area contributed by atoms with Crippen molar-refractivity contribution in [2.24, 2.45) is 0 Å². The van der Waals surface area contributed by atoms with Crippen molar-refractivity contribution in [1.82, 2.24) is 0 Å². The summed E-state index contributed by atoms with van der Waals surface area (Å²) in [7, 11) is -2.79. The van der Waals surface area contributed by atoms with Crippen LogP contribution in [0.5, 0.6) is 11.5 Å². The summed E-state index contributed by atoms with van der Waals surface area (Å²) in [6, 6.07) is 18.4. The number of nitrogens with zero attached hydrogens (tertiary/aromatic N) is 2. The summed E-state index contributed by atoms with van der Waals surface area (Å²) in [5.74, 6) is -0.0602. The van der Waals surface area contributed by atoms with E-state index in [1.54, 1.807) is 24.3 Å². The van der Waals surface area contributed by atoms with Crippen molar-refractivity contribution >= 4 is 33.5 Å². The predicted octanol–water partition coefficient (Wildman–Crippen LogP) is 3.92. The minimum atomic E-state index is -4.31. The summed E-state index contributed by atoms with van der Waals surface area (Å²) >= 11 is 0. The van der Waals surface area contributed by atoms with Gasteiger partial charge in [-0.1, -0.05) is 18.2 Å². The van der Waals surface area contributed by atoms with Crippen molar-refractivity contribution in [2.45, 2.75) is 4.90 Å². The molecule has 0 aliphatic heterocycles. The van der Waals surface area contributed by atoms with E-state index in [1.165, 1.54) is 49.6 Å². The maximum atomic E-state index is 12.4. The first kappa shape index (κ1) is 24.0. The molecule has 1 N–H and O–H groups in total. The van der Waals surface area contributed by atoms with Crippen LogP contribution in [-0.2, 0) is 14.9 Å². The van der Waals surface area contributed by atoms with Gasteiger partial charge in [0.15, 0.2) is 0 Å². The van der Waals surface area contributed by atoms with Gasteiger partial charge in [0, 0.05) is 17.8 Å². The highest BCUT2D eigenvalue weighted by atomic mass is 32.2. The fourth-order valence-electron chi connectivity index (χ4n) is 2.74. The second kappa shape index (κ2) is 10.3. The SMILES string of the molecule is COc1ccc(NC(=O)/C(C#N)=C/c2ccc(OS(=O)(=O)c3cccc([N+](=O)[O-])c3)cc2)cc1. The summed E-state index contributed by atoms with van der Waals surface area (Å²) in [4.78, 5) is 22.2. The molecule has 0 atom stereocenters. The van der Waals surface area contributed by atoms with Gasteiger partial charge in [-0.2, -0.15) is 13.7 Å². The van der Waals surface area contributed by atoms with Gasteiger partial charge in [-0.3, -0.25) is 14.9 Å². The molecule has 0 heterocycles. The van der Waals surface area contributed by atoms with Crippen molar-refractivity contribution in [1.29, 1.82) is 5.26 Å². The van der Waals surface area contributed by atoms with Crippen LogP contribution in [0.2, 0.25) is 0 Å². The average Bonchev–Trinajstić information content (AvgIpc) is 2.83. The van der Waals surface area contributed by atoms with Crippen molar-refractivity contribution < 1.29 is 27.1 Å². The molecule has 11 heteroatoms. The van der Waals surface area contributed by atoms with E-state index in [4.69, 9.17) is 8.92 Å². The largest absolute Gasteiger partial charge is 0.497 e. The molecule has 1 amide bonds. The third kappa shape index (κ3) is 5.96. The van der Waals surface area contributed by atoms with Gasteiger partial charge in [0.25, 0.3) is 11.6 Å². The molecule has 3 rings (SSSR count). The van der Waals surface area contributed by atoms with Gasteiger partial charge in [-0.15, -0.1) is 0 Å². The second-order valence-electron chi connectivity index (χ2n) is 6.71. The zero-order chi connectivity index (χ0) is 24.7. The molecule has 0 saturated carbocycles. The molecule has 34 heavy (non-hydrogen) atoms. The zero-order valence-corrected chi connectivity index (χ0v) is 18.5. The molecule has 0 aliphatic rings. The number of carbonyl (C=O) groups is 1. The lowest BCUT2D eigenvalue weighted by Gasteiger charge is -2.08. The smallest absolute Gasteiger partial charge is 0.339 e. The van der Waals surface area contributed by atoms with Crippen LogP contribution in [0.3, 0.4) is 0 Å². The van der Waals surface area contributed by atoms with E-state index < -0.39 is 20.9 Å². The number of nitrogens with one attached hydrogen (secondary N) is 1. The van der Waals surface area contributed by atoms with Crippen LogP contribution < -0.4 is 14.2 Å². The summed E-state index contributed by atoms with van der Waals surface area (Å²) in [6.07, 6.45) is 1.33. The van der Waals surface area contributed by atoms with Gasteiger partial charge in [-0.25, -0.2) is 0 Å². The van der Waals surface area contributed by atoms with Gasteiger partial charge in [0.05, 0.1) is 12.0 Å². The van der Waals surface area contributed by atoms with Crippen LogP contribution in [0.4, 0.5) is 11.4 Å². The lowest BCUT2D eigenvalue weighted by molar-refractivity contribution is -0.385. The number of hydrogen-bond donors (Lipinski definition) is 1. The number of rotatable bonds is 8. The number of anilines is 1. The van der Waals surface area contributed by atoms with Gasteiger partial charge in [-0.05, 0) is 54.1 Å². The Labute approximate surface area is 194 Å². The molecule has 0 bridgehead atoms. The van der Waals surface area contributed by atoms with Gasteiger partial charge < -0.3 is 14.2 Å². The topological polar surface area (TPSA) is 149 Å². The number of nitro benzene ring substituents is 1. The zero-order valence-electron chi connectivity index (χ0n) is 17.7. The lowest BCUT2D eigenvalue weighted by atomic mass is 10.1. The number of methoxy groups -OCH3 is 1. The predicted molar refractivity (Wildman–Crippen MR) is 123 cm³/mol. The fourth-order valence-corrected chi connectivity index (χ4v) is 3.71. The first-order chi connectivity index (χ1) is 16.2. The van der Waals surface area contributed by atoms with E-state index in [1.807, 2.05) is 6.07 Å². The minimum Gasteiger partial charge on any atom is -0.497 e. The van der Waals surface area contributed by atoms with Gasteiger partial charge in [0.1, 0.15) is 28.0 Å². The maximum absolute atomic E-state index is 12.4. The van der Waals surface area contributed by atoms with E-state index in [0.29, 0.717) is 17.0 Å². The number of hydrogen-bond acceptors (Lipinski definition) is 8. The number of amides is 1. The van der Waals surface area contributed by atoms with Crippen molar-refractivity contribution in [3.63, 3.8) is 0 Å². The van der Waals surface area contributed by atoms with Crippen molar-refractivity contribution in [3.05, 3.63) is 94.0 Å². The Morgan fingerprint density at radius 3 is 2.29 bits per heavy atom. The Morgan fingerprint density at radius 1 is 1.06 bits per heavy atom. The van der Waals surface area contributed by atoms with Crippen LogP contribution >= 0.6 is 0 Å². The van der Waals surface area contributed by atoms with Gasteiger partial charge >= 0.3 is 10.1 Å². The van der Waals surface area contributed by atoms with E-state index in [0.717, 1.165) is 12.1 Å². The van der Waals surface area contributed by atoms with Crippen molar-refractivity contribution in [2.75, 3.05) is 12.4 Å². The molecular formula is C23H17N3O7S. The third-order valence-corrected chi connectivity index (χ3v) is 5.67. The monoisotopic (exact) mass is 479 g/mol. The molecule has 172 valence electrons. The van der Waals surface area contributed by atoms with Crippen molar-refractivity contribution in [3.8, 4) is 17.6 Å². The Kier molecular flexibility index (Phi) is 7.25. The first-order valence-corrected chi connectivity index (χ1v) is 11.0. The molecule has 0 aliphatic carbocycles. The Balaban J connectivity index is 1.73. The molecule has 0 radical (unpaired) electrons. The highest BCUT2D eigenvalue weighted by Gasteiger charge is 2.20. The summed E-state index contributed by atoms with van der Waals surface area (Å²) in [5.41, 5.74) is 0.361. The Hall–Kier alpha value is -4.69. The maximum Gasteiger partial charge on any atom is 0.339 e. The van der Waals surface area contributed by atoms with Gasteiger partial charge in [0.2, 0.25) is 0 Å². The standard InChI is InChI=1S/C23H17N3O7S/c1-32-20-11-7-18(8-12-20)25-23(27)17(15-24)13-16-5-9-21(10-6-16)33-34(30,31)22-4-2-3-19(14-22)26(28)29/h2-14H,1H3,(H,25,27)/b17-13+. The van der Waals surface area contributed by atoms with Crippen LogP contribution in [0.1, 0.15) is 5.56 Å². The molecule has 3 aromatic carbocycles. The molecule has 0 spiro atoms. The highest BCUT2D eigenvalue weighted by molar-refractivity contribution is 7.87. The van der Waals surface area contributed by atoms with E-state index in [9.17, 15) is 28.6 Å². The molecule has 0 unspecified atom stereocenters. The molecule has 10 nitrogen and oxygen atoms in total. The van der Waals surface area contributed by atoms with Crippen LogP contribution in [0.25, 0.3) is 6.08 Å². The lowest BCUT2D eigenvalue weighted by Crippen LogP contribution is -2.13. The minimum absolute atomic E-state index is 0.0511. The Morgan fingerprint density at radius 2 is 1.71 bits per heavy atom. The highest BCUT2D eigenvalue weighted by Crippen LogP contribution is 2.23. The summed E-state index contributed by atoms with van der Waals surface area (Å²) in [5, 5.41) is 22.8. The number of carbonyl (C=O) groups excluding carboxylic acids is 1.